The van der Waals surface area contributed by atoms with E-state index in [2.05, 4.69) is 10.1 Å². The fourth-order valence-electron chi connectivity index (χ4n) is 1.49. The number of nitrogens with two attached hydrogens (primary N) is 1. The minimum absolute atomic E-state index is 0.189. The summed E-state index contributed by atoms with van der Waals surface area (Å²) in [6.45, 7) is -0.687. The zero-order valence-electron chi connectivity index (χ0n) is 11.0. The molecule has 3 N–H and O–H groups in total. The molecule has 1 unspecified atom stereocenters. The summed E-state index contributed by atoms with van der Waals surface area (Å²) in [7, 11) is 0. The summed E-state index contributed by atoms with van der Waals surface area (Å²) in [4.78, 5) is 11.6. The fourth-order valence-corrected chi connectivity index (χ4v) is 1.49. The number of carbonyl (C=O) groups excluding carboxylic acids is 1. The Balaban J connectivity index is 2.56. The van der Waals surface area contributed by atoms with Gasteiger partial charge in [-0.05, 0) is 31.0 Å². The quantitative estimate of drug-likeness (QED) is 0.811. The normalized spacial score (nSPS) is 12.3. The molecular weight excluding hydrogens is 273 g/mol. The molecule has 0 aliphatic rings. The topological polar surface area (TPSA) is 64.4 Å². The second-order valence-corrected chi connectivity index (χ2v) is 4.45. The highest BCUT2D eigenvalue weighted by molar-refractivity contribution is 5.90. The number of anilines is 1. The van der Waals surface area contributed by atoms with Crippen LogP contribution in [-0.2, 0) is 4.79 Å². The van der Waals surface area contributed by atoms with Crippen molar-refractivity contribution in [3.05, 3.63) is 24.0 Å². The third-order valence-electron chi connectivity index (χ3n) is 2.70. The molecule has 7 heteroatoms. The Morgan fingerprint density at radius 1 is 1.45 bits per heavy atom. The van der Waals surface area contributed by atoms with E-state index in [-0.39, 0.29) is 23.9 Å². The first-order chi connectivity index (χ1) is 9.42. The van der Waals surface area contributed by atoms with E-state index < -0.39 is 18.2 Å². The van der Waals surface area contributed by atoms with Gasteiger partial charge in [-0.25, -0.2) is 4.39 Å². The van der Waals surface area contributed by atoms with Crippen LogP contribution in [0.3, 0.4) is 0 Å². The monoisotopic (exact) mass is 290 g/mol. The fraction of sp³-hybridized carbons (Fsp3) is 0.462. The van der Waals surface area contributed by atoms with E-state index in [9.17, 15) is 18.0 Å². The average Bonchev–Trinajstić information content (AvgIpc) is 2.38. The predicted octanol–water partition coefficient (Wildman–Crippen LogP) is 2.74. The van der Waals surface area contributed by atoms with Gasteiger partial charge in [0.2, 0.25) is 5.91 Å². The molecule has 0 bridgehead atoms. The molecule has 0 aliphatic carbocycles. The Labute approximate surface area is 115 Å². The van der Waals surface area contributed by atoms with Crippen LogP contribution in [0.2, 0.25) is 0 Å². The van der Waals surface area contributed by atoms with Gasteiger partial charge in [0.05, 0.1) is 0 Å². The van der Waals surface area contributed by atoms with Crippen LogP contribution in [-0.4, -0.2) is 19.1 Å². The van der Waals surface area contributed by atoms with Gasteiger partial charge in [-0.2, -0.15) is 8.78 Å². The Bertz CT molecular complexity index is 455. The summed E-state index contributed by atoms with van der Waals surface area (Å²) in [5.74, 6) is -1.58. The number of ether oxygens (including phenoxy) is 1. The molecule has 4 nitrogen and oxygen atoms in total. The van der Waals surface area contributed by atoms with Gasteiger partial charge in [0.15, 0.2) is 11.6 Å². The molecule has 112 valence electrons. The Kier molecular flexibility index (Phi) is 6.30. The standard InChI is InChI=1S/C13H17F3N2O2/c1-8(7-17)2-5-12(19)18-9-3-4-11(10(14)6-9)20-13(15)16/h3-4,6,8,13H,2,5,7,17H2,1H3,(H,18,19). The number of rotatable bonds is 7. The smallest absolute Gasteiger partial charge is 0.387 e. The Morgan fingerprint density at radius 3 is 2.70 bits per heavy atom. The van der Waals surface area contributed by atoms with Crippen LogP contribution < -0.4 is 15.8 Å². The van der Waals surface area contributed by atoms with Crippen molar-refractivity contribution in [2.45, 2.75) is 26.4 Å². The molecular formula is C13H17F3N2O2. The second-order valence-electron chi connectivity index (χ2n) is 4.45. The van der Waals surface area contributed by atoms with Crippen LogP contribution in [0.15, 0.2) is 18.2 Å². The van der Waals surface area contributed by atoms with Crippen molar-refractivity contribution < 1.29 is 22.7 Å². The first-order valence-electron chi connectivity index (χ1n) is 6.16. The highest BCUT2D eigenvalue weighted by atomic mass is 19.3. The molecule has 1 aromatic rings. The van der Waals surface area contributed by atoms with E-state index in [4.69, 9.17) is 5.73 Å². The van der Waals surface area contributed by atoms with Crippen LogP contribution in [0.4, 0.5) is 18.9 Å². The van der Waals surface area contributed by atoms with Gasteiger partial charge >= 0.3 is 6.61 Å². The van der Waals surface area contributed by atoms with E-state index in [1.54, 1.807) is 0 Å². The SMILES string of the molecule is CC(CN)CCC(=O)Nc1ccc(OC(F)F)c(F)c1. The largest absolute Gasteiger partial charge is 0.432 e. The van der Waals surface area contributed by atoms with E-state index in [1.165, 1.54) is 6.07 Å². The molecule has 1 rings (SSSR count). The van der Waals surface area contributed by atoms with Gasteiger partial charge in [0.25, 0.3) is 0 Å². The Hall–Kier alpha value is -1.76. The summed E-state index contributed by atoms with van der Waals surface area (Å²) >= 11 is 0. The molecule has 0 heterocycles. The number of hydrogen-bond donors (Lipinski definition) is 2. The molecule has 0 aliphatic heterocycles. The van der Waals surface area contributed by atoms with E-state index >= 15 is 0 Å². The minimum Gasteiger partial charge on any atom is -0.432 e. The van der Waals surface area contributed by atoms with Gasteiger partial charge in [-0.1, -0.05) is 6.92 Å². The molecule has 1 atom stereocenters. The lowest BCUT2D eigenvalue weighted by atomic mass is 10.1. The van der Waals surface area contributed by atoms with Crippen molar-refractivity contribution in [3.63, 3.8) is 0 Å². The van der Waals surface area contributed by atoms with Crippen LogP contribution in [0, 0.1) is 11.7 Å². The minimum atomic E-state index is -3.09. The molecule has 20 heavy (non-hydrogen) atoms. The molecule has 0 saturated heterocycles. The lowest BCUT2D eigenvalue weighted by Gasteiger charge is -2.10. The zero-order valence-corrected chi connectivity index (χ0v) is 11.0. The van der Waals surface area contributed by atoms with Gasteiger partial charge in [0, 0.05) is 18.2 Å². The lowest BCUT2D eigenvalue weighted by molar-refractivity contribution is -0.116. The highest BCUT2D eigenvalue weighted by Gasteiger charge is 2.11. The number of nitrogens with one attached hydrogen (secondary N) is 1. The molecule has 0 aromatic heterocycles. The lowest BCUT2D eigenvalue weighted by Crippen LogP contribution is -2.16. The van der Waals surface area contributed by atoms with Crippen LogP contribution in [0.5, 0.6) is 5.75 Å². The van der Waals surface area contributed by atoms with Gasteiger partial charge in [0.1, 0.15) is 0 Å². The average molecular weight is 290 g/mol. The summed E-state index contributed by atoms with van der Waals surface area (Å²) in [5, 5.41) is 2.48. The third kappa shape index (κ3) is 5.48. The summed E-state index contributed by atoms with van der Waals surface area (Å²) < 4.78 is 41.3. The van der Waals surface area contributed by atoms with Crippen LogP contribution >= 0.6 is 0 Å². The van der Waals surface area contributed by atoms with Crippen molar-refractivity contribution in [3.8, 4) is 5.75 Å². The van der Waals surface area contributed by atoms with E-state index in [0.717, 1.165) is 12.1 Å². The molecule has 1 aromatic carbocycles. The van der Waals surface area contributed by atoms with E-state index in [1.807, 2.05) is 6.92 Å². The van der Waals surface area contributed by atoms with Crippen LogP contribution in [0.1, 0.15) is 19.8 Å². The Morgan fingerprint density at radius 2 is 2.15 bits per heavy atom. The van der Waals surface area contributed by atoms with Crippen molar-refractivity contribution in [2.24, 2.45) is 11.7 Å². The van der Waals surface area contributed by atoms with E-state index in [0.29, 0.717) is 13.0 Å². The van der Waals surface area contributed by atoms with Crippen LogP contribution in [0.25, 0.3) is 0 Å². The molecule has 0 fully saturated rings. The van der Waals surface area contributed by atoms with Gasteiger partial charge < -0.3 is 15.8 Å². The van der Waals surface area contributed by atoms with Crippen molar-refractivity contribution in [1.82, 2.24) is 0 Å². The zero-order chi connectivity index (χ0) is 15.1. The summed E-state index contributed by atoms with van der Waals surface area (Å²) in [5.41, 5.74) is 5.62. The maximum atomic E-state index is 13.4. The number of halogens is 3. The maximum absolute atomic E-state index is 13.4. The number of hydrogen-bond acceptors (Lipinski definition) is 3. The summed E-state index contributed by atoms with van der Waals surface area (Å²) in [6, 6.07) is 3.27. The molecule has 0 saturated carbocycles. The van der Waals surface area contributed by atoms with Crippen molar-refractivity contribution in [2.75, 3.05) is 11.9 Å². The number of carbonyl (C=O) groups is 1. The van der Waals surface area contributed by atoms with Crippen molar-refractivity contribution >= 4 is 11.6 Å². The first-order valence-corrected chi connectivity index (χ1v) is 6.16. The third-order valence-corrected chi connectivity index (χ3v) is 2.70. The maximum Gasteiger partial charge on any atom is 0.387 e. The summed E-state index contributed by atoms with van der Waals surface area (Å²) in [6.07, 6.45) is 0.882. The number of benzene rings is 1. The second kappa shape index (κ2) is 7.74. The number of amides is 1. The molecule has 0 spiro atoms. The highest BCUT2D eigenvalue weighted by Crippen LogP contribution is 2.23. The predicted molar refractivity (Wildman–Crippen MR) is 69.1 cm³/mol. The van der Waals surface area contributed by atoms with Gasteiger partial charge in [-0.3, -0.25) is 4.79 Å². The van der Waals surface area contributed by atoms with Crippen molar-refractivity contribution in [1.29, 1.82) is 0 Å². The molecule has 1 amide bonds. The molecule has 0 radical (unpaired) electrons. The van der Waals surface area contributed by atoms with Gasteiger partial charge in [-0.15, -0.1) is 0 Å². The first kappa shape index (κ1) is 16.3. The number of alkyl halides is 2.